The molecule has 0 aromatic heterocycles. The molecule has 2 amide bonds. The normalized spacial score (nSPS) is 12.3. The second-order valence-electron chi connectivity index (χ2n) is 7.62. The maximum atomic E-state index is 12.4. The summed E-state index contributed by atoms with van der Waals surface area (Å²) >= 11 is 0. The van der Waals surface area contributed by atoms with Crippen LogP contribution in [0.25, 0.3) is 10.8 Å². The maximum Gasteiger partial charge on any atom is 0.251 e. The van der Waals surface area contributed by atoms with Crippen molar-refractivity contribution in [3.8, 4) is 0 Å². The van der Waals surface area contributed by atoms with Crippen molar-refractivity contribution in [2.24, 2.45) is 0 Å². The van der Waals surface area contributed by atoms with Crippen molar-refractivity contribution in [2.75, 3.05) is 25.6 Å². The molecule has 0 aliphatic rings. The van der Waals surface area contributed by atoms with Crippen LogP contribution in [0.4, 0.5) is 5.69 Å². The van der Waals surface area contributed by atoms with Gasteiger partial charge in [0.05, 0.1) is 11.5 Å². The summed E-state index contributed by atoms with van der Waals surface area (Å²) in [5, 5.41) is 7.45. The van der Waals surface area contributed by atoms with Crippen LogP contribution in [0.5, 0.6) is 0 Å². The summed E-state index contributed by atoms with van der Waals surface area (Å²) < 4.78 is 32.2. The Morgan fingerprint density at radius 1 is 0.970 bits per heavy atom. The summed E-state index contributed by atoms with van der Waals surface area (Å²) in [5.74, 6) is -0.547. The van der Waals surface area contributed by atoms with Crippen LogP contribution < -0.4 is 15.4 Å². The first-order chi connectivity index (χ1) is 15.8. The lowest BCUT2D eigenvalue weighted by Crippen LogP contribution is -2.35. The number of nitrogens with one attached hydrogen (secondary N) is 3. The first kappa shape index (κ1) is 24.4. The Morgan fingerprint density at radius 3 is 2.36 bits per heavy atom. The number of methoxy groups -OCH3 is 1. The molecule has 33 heavy (non-hydrogen) atoms. The standard InChI is InChI=1S/C24H27N3O5S/c1-17(16-32-2)27-33(30,31)22-11-9-21(10-12-22)26-23(28)13-14-25-24(29)20-8-7-18-5-3-4-6-19(18)15-20/h3-12,15,17,27H,13-14,16H2,1-2H3,(H,25,29)(H,26,28). The molecule has 1 unspecified atom stereocenters. The predicted molar refractivity (Wildman–Crippen MR) is 128 cm³/mol. The van der Waals surface area contributed by atoms with Crippen LogP contribution in [0, 0.1) is 0 Å². The van der Waals surface area contributed by atoms with Gasteiger partial charge in [0.15, 0.2) is 0 Å². The van der Waals surface area contributed by atoms with E-state index in [9.17, 15) is 18.0 Å². The molecule has 0 bridgehead atoms. The number of ether oxygens (including phenoxy) is 1. The summed E-state index contributed by atoms with van der Waals surface area (Å²) in [6.45, 7) is 2.13. The van der Waals surface area contributed by atoms with E-state index in [1.54, 1.807) is 13.0 Å². The Balaban J connectivity index is 1.48. The first-order valence-corrected chi connectivity index (χ1v) is 11.9. The van der Waals surface area contributed by atoms with Gasteiger partial charge in [-0.05, 0) is 54.1 Å². The van der Waals surface area contributed by atoms with E-state index in [4.69, 9.17) is 4.74 Å². The van der Waals surface area contributed by atoms with E-state index in [0.29, 0.717) is 11.3 Å². The number of rotatable bonds is 10. The van der Waals surface area contributed by atoms with E-state index in [1.807, 2.05) is 36.4 Å². The number of carbonyl (C=O) groups is 2. The Morgan fingerprint density at radius 2 is 1.67 bits per heavy atom. The van der Waals surface area contributed by atoms with Crippen LogP contribution in [-0.2, 0) is 19.6 Å². The Kier molecular flexibility index (Phi) is 8.16. The summed E-state index contributed by atoms with van der Waals surface area (Å²) in [6.07, 6.45) is 0.0788. The third-order valence-corrected chi connectivity index (χ3v) is 6.48. The van der Waals surface area contributed by atoms with Gasteiger partial charge in [-0.15, -0.1) is 0 Å². The largest absolute Gasteiger partial charge is 0.383 e. The zero-order valence-corrected chi connectivity index (χ0v) is 19.3. The minimum Gasteiger partial charge on any atom is -0.383 e. The molecule has 3 rings (SSSR count). The zero-order chi connectivity index (χ0) is 23.8. The highest BCUT2D eigenvalue weighted by molar-refractivity contribution is 7.89. The van der Waals surface area contributed by atoms with Crippen molar-refractivity contribution in [3.63, 3.8) is 0 Å². The minimum absolute atomic E-state index is 0.0788. The second-order valence-corrected chi connectivity index (χ2v) is 9.33. The molecule has 0 spiro atoms. The number of fused-ring (bicyclic) bond motifs is 1. The number of benzene rings is 3. The van der Waals surface area contributed by atoms with Gasteiger partial charge in [-0.3, -0.25) is 9.59 Å². The third kappa shape index (κ3) is 6.85. The molecular weight excluding hydrogens is 442 g/mol. The van der Waals surface area contributed by atoms with E-state index in [1.165, 1.54) is 31.4 Å². The number of carbonyl (C=O) groups excluding carboxylic acids is 2. The van der Waals surface area contributed by atoms with Gasteiger partial charge in [0.1, 0.15) is 0 Å². The zero-order valence-electron chi connectivity index (χ0n) is 18.5. The fourth-order valence-corrected chi connectivity index (χ4v) is 4.51. The molecule has 8 nitrogen and oxygen atoms in total. The van der Waals surface area contributed by atoms with Crippen molar-refractivity contribution < 1.29 is 22.7 Å². The lowest BCUT2D eigenvalue weighted by Gasteiger charge is -2.13. The van der Waals surface area contributed by atoms with Gasteiger partial charge in [-0.2, -0.15) is 0 Å². The Bertz CT molecular complexity index is 1230. The molecule has 3 aromatic carbocycles. The molecule has 1 atom stereocenters. The van der Waals surface area contributed by atoms with Crippen molar-refractivity contribution in [3.05, 3.63) is 72.3 Å². The van der Waals surface area contributed by atoms with Gasteiger partial charge in [-0.1, -0.05) is 30.3 Å². The third-order valence-electron chi connectivity index (χ3n) is 4.87. The first-order valence-electron chi connectivity index (χ1n) is 10.5. The lowest BCUT2D eigenvalue weighted by molar-refractivity contribution is -0.116. The molecule has 3 N–H and O–H groups in total. The molecule has 0 heterocycles. The molecule has 0 radical (unpaired) electrons. The Labute approximate surface area is 193 Å². The average Bonchev–Trinajstić information content (AvgIpc) is 2.78. The summed E-state index contributed by atoms with van der Waals surface area (Å²) in [7, 11) is -2.18. The smallest absolute Gasteiger partial charge is 0.251 e. The van der Waals surface area contributed by atoms with Crippen molar-refractivity contribution in [2.45, 2.75) is 24.3 Å². The van der Waals surface area contributed by atoms with Crippen LogP contribution in [0.3, 0.4) is 0 Å². The minimum atomic E-state index is -3.68. The van der Waals surface area contributed by atoms with E-state index >= 15 is 0 Å². The van der Waals surface area contributed by atoms with Crippen molar-refractivity contribution in [1.82, 2.24) is 10.0 Å². The lowest BCUT2D eigenvalue weighted by atomic mass is 10.1. The molecule has 0 aliphatic carbocycles. The van der Waals surface area contributed by atoms with Crippen molar-refractivity contribution >= 4 is 38.3 Å². The fourth-order valence-electron chi connectivity index (χ4n) is 3.28. The molecule has 0 saturated carbocycles. The van der Waals surface area contributed by atoms with E-state index < -0.39 is 10.0 Å². The summed E-state index contributed by atoms with van der Waals surface area (Å²) in [5.41, 5.74) is 0.990. The molecule has 0 saturated heterocycles. The molecule has 0 fully saturated rings. The van der Waals surface area contributed by atoms with Crippen LogP contribution in [0.2, 0.25) is 0 Å². The highest BCUT2D eigenvalue weighted by Gasteiger charge is 2.17. The van der Waals surface area contributed by atoms with Crippen LogP contribution in [-0.4, -0.2) is 46.5 Å². The molecule has 174 valence electrons. The maximum absolute atomic E-state index is 12.4. The number of sulfonamides is 1. The Hall–Kier alpha value is -3.27. The second kappa shape index (κ2) is 11.0. The molecular formula is C24H27N3O5S. The summed E-state index contributed by atoms with van der Waals surface area (Å²) in [4.78, 5) is 24.7. The summed E-state index contributed by atoms with van der Waals surface area (Å²) in [6, 6.07) is 18.7. The molecule has 0 aliphatic heterocycles. The van der Waals surface area contributed by atoms with Crippen LogP contribution in [0.15, 0.2) is 71.6 Å². The fraction of sp³-hybridized carbons (Fsp3) is 0.250. The molecule has 3 aromatic rings. The van der Waals surface area contributed by atoms with E-state index in [0.717, 1.165) is 10.8 Å². The highest BCUT2D eigenvalue weighted by Crippen LogP contribution is 2.16. The van der Waals surface area contributed by atoms with Crippen LogP contribution >= 0.6 is 0 Å². The number of hydrogen-bond acceptors (Lipinski definition) is 5. The molecule has 9 heteroatoms. The van der Waals surface area contributed by atoms with Gasteiger partial charge >= 0.3 is 0 Å². The SMILES string of the molecule is COCC(C)NS(=O)(=O)c1ccc(NC(=O)CCNC(=O)c2ccc3ccccc3c2)cc1. The van der Waals surface area contributed by atoms with E-state index in [-0.39, 0.29) is 42.3 Å². The predicted octanol–water partition coefficient (Wildman–Crippen LogP) is 2.91. The quantitative estimate of drug-likeness (QED) is 0.423. The number of hydrogen-bond donors (Lipinski definition) is 3. The highest BCUT2D eigenvalue weighted by atomic mass is 32.2. The number of amides is 2. The average molecular weight is 470 g/mol. The monoisotopic (exact) mass is 469 g/mol. The van der Waals surface area contributed by atoms with Gasteiger partial charge in [-0.25, -0.2) is 13.1 Å². The van der Waals surface area contributed by atoms with Gasteiger partial charge in [0, 0.05) is 37.4 Å². The van der Waals surface area contributed by atoms with Gasteiger partial charge < -0.3 is 15.4 Å². The number of anilines is 1. The van der Waals surface area contributed by atoms with Gasteiger partial charge in [0.25, 0.3) is 5.91 Å². The van der Waals surface area contributed by atoms with Crippen LogP contribution in [0.1, 0.15) is 23.7 Å². The van der Waals surface area contributed by atoms with E-state index in [2.05, 4.69) is 15.4 Å². The van der Waals surface area contributed by atoms with Crippen molar-refractivity contribution in [1.29, 1.82) is 0 Å². The topological polar surface area (TPSA) is 114 Å². The van der Waals surface area contributed by atoms with Gasteiger partial charge in [0.2, 0.25) is 15.9 Å².